The van der Waals surface area contributed by atoms with Crippen LogP contribution in [-0.4, -0.2) is 50.0 Å². The number of hydrogen-bond acceptors (Lipinski definition) is 4. The zero-order valence-corrected chi connectivity index (χ0v) is 20.9. The lowest BCUT2D eigenvalue weighted by molar-refractivity contribution is 0.0342. The van der Waals surface area contributed by atoms with Gasteiger partial charge in [0.2, 0.25) is 0 Å². The molecule has 0 amide bonds. The fourth-order valence-electron chi connectivity index (χ4n) is 4.29. The molecule has 1 aliphatic rings. The molecule has 4 nitrogen and oxygen atoms in total. The number of fused-ring (bicyclic) bond motifs is 1. The van der Waals surface area contributed by atoms with Gasteiger partial charge in [0.05, 0.1) is 24.4 Å². The Bertz CT molecular complexity index is 1120. The molecule has 0 radical (unpaired) electrons. The van der Waals surface area contributed by atoms with Crippen molar-refractivity contribution in [2.75, 3.05) is 26.3 Å². The van der Waals surface area contributed by atoms with E-state index in [0.717, 1.165) is 56.6 Å². The van der Waals surface area contributed by atoms with Crippen LogP contribution >= 0.6 is 0 Å². The molecule has 1 saturated heterocycles. The largest absolute Gasteiger partial charge is 0.379 e. The maximum atomic E-state index is 14.0. The number of pyridine rings is 1. The van der Waals surface area contributed by atoms with Crippen molar-refractivity contribution in [3.63, 3.8) is 0 Å². The molecule has 1 fully saturated rings. The van der Waals surface area contributed by atoms with E-state index in [1.165, 1.54) is 17.7 Å². The second-order valence-electron chi connectivity index (χ2n) is 10.1. The lowest BCUT2D eigenvalue weighted by Crippen LogP contribution is -2.35. The lowest BCUT2D eigenvalue weighted by Gasteiger charge is -2.26. The summed E-state index contributed by atoms with van der Waals surface area (Å²) in [4.78, 5) is 20.3. The Morgan fingerprint density at radius 2 is 1.79 bits per heavy atom. The molecule has 3 aromatic rings. The van der Waals surface area contributed by atoms with Crippen LogP contribution in [0.15, 0.2) is 48.5 Å². The topological polar surface area (TPSA) is 42.4 Å². The first-order chi connectivity index (χ1) is 15.8. The fraction of sp³-hybridized carbons (Fsp3) is 0.407. The number of hydrogen-bond donors (Lipinski definition) is 0. The van der Waals surface area contributed by atoms with Gasteiger partial charge in [-0.2, -0.15) is 0 Å². The molecule has 0 unspecified atom stereocenters. The van der Waals surface area contributed by atoms with Gasteiger partial charge in [-0.15, -0.1) is 0 Å². The minimum atomic E-state index is -1.21. The van der Waals surface area contributed by atoms with Gasteiger partial charge in [-0.3, -0.25) is 9.69 Å². The number of ether oxygens (including phenoxy) is 1. The van der Waals surface area contributed by atoms with Crippen LogP contribution in [0, 0.1) is 5.82 Å². The first kappa shape index (κ1) is 23.7. The SMILES string of the molecule is C[Si](C)(C)CCCC(=O)c1cc(-c2ccc(CN3CCOCC3)cc2)nc2ccc(F)cc12. The minimum Gasteiger partial charge on any atom is -0.379 e. The predicted molar refractivity (Wildman–Crippen MR) is 135 cm³/mol. The smallest absolute Gasteiger partial charge is 0.163 e. The molecule has 0 atom stereocenters. The second kappa shape index (κ2) is 10.2. The summed E-state index contributed by atoms with van der Waals surface area (Å²) in [5.74, 6) is -0.280. The van der Waals surface area contributed by atoms with Crippen LogP contribution in [0.1, 0.15) is 28.8 Å². The van der Waals surface area contributed by atoms with Crippen LogP contribution in [-0.2, 0) is 11.3 Å². The normalized spacial score (nSPS) is 15.2. The molecular formula is C27H33FN2O2Si. The summed E-state index contributed by atoms with van der Waals surface area (Å²) < 4.78 is 19.4. The average Bonchev–Trinajstić information content (AvgIpc) is 2.78. The Morgan fingerprint density at radius 3 is 2.48 bits per heavy atom. The van der Waals surface area contributed by atoms with E-state index in [1.807, 2.05) is 6.07 Å². The van der Waals surface area contributed by atoms with Crippen LogP contribution in [0.4, 0.5) is 4.39 Å². The van der Waals surface area contributed by atoms with Gasteiger partial charge in [0.1, 0.15) is 5.82 Å². The van der Waals surface area contributed by atoms with Crippen LogP contribution in [0.25, 0.3) is 22.2 Å². The highest BCUT2D eigenvalue weighted by Crippen LogP contribution is 2.28. The van der Waals surface area contributed by atoms with Crippen LogP contribution in [0.5, 0.6) is 0 Å². The van der Waals surface area contributed by atoms with Crippen molar-refractivity contribution in [2.24, 2.45) is 0 Å². The van der Waals surface area contributed by atoms with Crippen molar-refractivity contribution >= 4 is 24.8 Å². The standard InChI is InChI=1S/C27H33FN2O2Si/c1-33(2,3)16-4-5-27(31)24-18-26(29-25-11-10-22(28)17-23(24)25)21-8-6-20(7-9-21)19-30-12-14-32-15-13-30/h6-11,17-18H,4-5,12-16,19H2,1-3H3. The molecule has 1 aliphatic heterocycles. The Kier molecular flexibility index (Phi) is 7.37. The first-order valence-corrected chi connectivity index (χ1v) is 15.5. The molecular weight excluding hydrogens is 431 g/mol. The Hall–Kier alpha value is -2.41. The third kappa shape index (κ3) is 6.34. The van der Waals surface area contributed by atoms with E-state index >= 15 is 0 Å². The van der Waals surface area contributed by atoms with Gasteiger partial charge in [0.15, 0.2) is 5.78 Å². The van der Waals surface area contributed by atoms with Crippen molar-refractivity contribution in [2.45, 2.75) is 45.1 Å². The highest BCUT2D eigenvalue weighted by molar-refractivity contribution is 6.76. The molecule has 0 N–H and O–H groups in total. The lowest BCUT2D eigenvalue weighted by atomic mass is 9.98. The predicted octanol–water partition coefficient (Wildman–Crippen LogP) is 6.17. The van der Waals surface area contributed by atoms with E-state index in [0.29, 0.717) is 22.9 Å². The number of carbonyl (C=O) groups excluding carboxylic acids is 1. The number of halogens is 1. The van der Waals surface area contributed by atoms with Crippen LogP contribution in [0.3, 0.4) is 0 Å². The highest BCUT2D eigenvalue weighted by atomic mass is 28.3. The molecule has 0 saturated carbocycles. The van der Waals surface area contributed by atoms with Gasteiger partial charge >= 0.3 is 0 Å². The number of rotatable bonds is 8. The van der Waals surface area contributed by atoms with E-state index in [1.54, 1.807) is 6.07 Å². The van der Waals surface area contributed by atoms with E-state index in [2.05, 4.69) is 48.8 Å². The highest BCUT2D eigenvalue weighted by Gasteiger charge is 2.18. The zero-order chi connectivity index (χ0) is 23.4. The number of Topliss-reactive ketones (excluding diaryl/α,β-unsaturated/α-hetero) is 1. The molecule has 6 heteroatoms. The molecule has 33 heavy (non-hydrogen) atoms. The maximum Gasteiger partial charge on any atom is 0.163 e. The van der Waals surface area contributed by atoms with Crippen LogP contribution < -0.4 is 0 Å². The molecule has 4 rings (SSSR count). The monoisotopic (exact) mass is 464 g/mol. The summed E-state index contributed by atoms with van der Waals surface area (Å²) in [6, 6.07) is 15.8. The van der Waals surface area contributed by atoms with Gasteiger partial charge in [-0.1, -0.05) is 50.0 Å². The summed E-state index contributed by atoms with van der Waals surface area (Å²) in [6.07, 6.45) is 1.36. The molecule has 2 heterocycles. The van der Waals surface area contributed by atoms with Crippen molar-refractivity contribution in [1.82, 2.24) is 9.88 Å². The summed E-state index contributed by atoms with van der Waals surface area (Å²) >= 11 is 0. The average molecular weight is 465 g/mol. The van der Waals surface area contributed by atoms with E-state index in [4.69, 9.17) is 9.72 Å². The summed E-state index contributed by atoms with van der Waals surface area (Å²) in [7, 11) is -1.21. The van der Waals surface area contributed by atoms with E-state index < -0.39 is 8.07 Å². The number of carbonyl (C=O) groups is 1. The van der Waals surface area contributed by atoms with Crippen LogP contribution in [0.2, 0.25) is 25.7 Å². The Morgan fingerprint density at radius 1 is 1.06 bits per heavy atom. The fourth-order valence-corrected chi connectivity index (χ4v) is 5.53. The number of morpholine rings is 1. The van der Waals surface area contributed by atoms with Gasteiger partial charge in [-0.05, 0) is 36.2 Å². The van der Waals surface area contributed by atoms with Crippen molar-refractivity contribution in [3.8, 4) is 11.3 Å². The molecule has 174 valence electrons. The van der Waals surface area contributed by atoms with Gasteiger partial charge in [-0.25, -0.2) is 9.37 Å². The molecule has 0 aliphatic carbocycles. The summed E-state index contributed by atoms with van der Waals surface area (Å²) in [6.45, 7) is 11.3. The van der Waals surface area contributed by atoms with E-state index in [9.17, 15) is 9.18 Å². The Balaban J connectivity index is 1.60. The molecule has 0 spiro atoms. The summed E-state index contributed by atoms with van der Waals surface area (Å²) in [5, 5.41) is 0.598. The zero-order valence-electron chi connectivity index (χ0n) is 19.9. The molecule has 0 bridgehead atoms. The second-order valence-corrected chi connectivity index (χ2v) is 15.8. The Labute approximate surface area is 196 Å². The number of nitrogens with zero attached hydrogens (tertiary/aromatic N) is 2. The van der Waals surface area contributed by atoms with E-state index in [-0.39, 0.29) is 11.6 Å². The maximum absolute atomic E-state index is 14.0. The quantitative estimate of drug-likeness (QED) is 0.295. The number of ketones is 1. The number of aromatic nitrogens is 1. The van der Waals surface area contributed by atoms with Gasteiger partial charge < -0.3 is 4.74 Å². The third-order valence-corrected chi connectivity index (χ3v) is 8.01. The van der Waals surface area contributed by atoms with Gasteiger partial charge in [0.25, 0.3) is 0 Å². The van der Waals surface area contributed by atoms with Crippen molar-refractivity contribution < 1.29 is 13.9 Å². The molecule has 2 aromatic carbocycles. The number of benzene rings is 2. The minimum absolute atomic E-state index is 0.0661. The van der Waals surface area contributed by atoms with Crippen molar-refractivity contribution in [3.05, 3.63) is 65.5 Å². The van der Waals surface area contributed by atoms with Crippen molar-refractivity contribution in [1.29, 1.82) is 0 Å². The molecule has 1 aromatic heterocycles. The van der Waals surface area contributed by atoms with Gasteiger partial charge in [0, 0.05) is 50.6 Å². The summed E-state index contributed by atoms with van der Waals surface area (Å²) in [5.41, 5.74) is 4.18. The first-order valence-electron chi connectivity index (χ1n) is 11.8. The third-order valence-electron chi connectivity index (χ3n) is 6.16.